The molecule has 1 aromatic carbocycles. The average Bonchev–Trinajstić information content (AvgIpc) is 3.07. The molecule has 1 aromatic rings. The summed E-state index contributed by atoms with van der Waals surface area (Å²) in [6, 6.07) is 4.73. The lowest BCUT2D eigenvalue weighted by molar-refractivity contribution is -0.923. The smallest absolute Gasteiger partial charge is 0.166 e. The van der Waals surface area contributed by atoms with Crippen molar-refractivity contribution in [3.63, 3.8) is 0 Å². The largest absolute Gasteiger partial charge is 0.493 e. The molecule has 0 aromatic heterocycles. The molecule has 6 aliphatic rings. The first-order valence-electron chi connectivity index (χ1n) is 10.4. The van der Waals surface area contributed by atoms with E-state index in [2.05, 4.69) is 25.3 Å². The molecule has 0 radical (unpaired) electrons. The Balaban J connectivity index is 1.72. The topological polar surface area (TPSA) is 49.2 Å². The number of rotatable bonds is 3. The first kappa shape index (κ1) is 17.0. The fourth-order valence-electron chi connectivity index (χ4n) is 7.83. The summed E-state index contributed by atoms with van der Waals surface area (Å²) in [5.41, 5.74) is 1.82. The number of hydrogen-bond donors (Lipinski definition) is 1. The molecule has 7 rings (SSSR count). The van der Waals surface area contributed by atoms with E-state index < -0.39 is 5.60 Å². The summed E-state index contributed by atoms with van der Waals surface area (Å²) in [4.78, 5) is 14.4. The molecule has 1 saturated carbocycles. The molecular weight excluding hydrogens is 354 g/mol. The number of piperidine rings is 1. The zero-order valence-electron chi connectivity index (χ0n) is 17.0. The van der Waals surface area contributed by atoms with E-state index in [9.17, 15) is 4.79 Å². The highest BCUT2D eigenvalue weighted by molar-refractivity contribution is 5.82. The van der Waals surface area contributed by atoms with Crippen LogP contribution >= 0.6 is 0 Å². The Labute approximate surface area is 165 Å². The first-order chi connectivity index (χ1) is 13.4. The lowest BCUT2D eigenvalue weighted by atomic mass is 9.37. The van der Waals surface area contributed by atoms with E-state index >= 15 is 0 Å². The highest BCUT2D eigenvalue weighted by atomic mass is 16.6. The number of benzene rings is 1. The third-order valence-electron chi connectivity index (χ3n) is 8.92. The summed E-state index contributed by atoms with van der Waals surface area (Å²) >= 11 is 0. The molecule has 28 heavy (non-hydrogen) atoms. The van der Waals surface area contributed by atoms with Crippen molar-refractivity contribution in [3.8, 4) is 11.5 Å². The van der Waals surface area contributed by atoms with Crippen LogP contribution in [0.2, 0.25) is 0 Å². The maximum Gasteiger partial charge on any atom is 0.166 e. The zero-order valence-corrected chi connectivity index (χ0v) is 17.0. The number of Topliss-reactive ketones (excluding diaryl/α,β-unsaturated/α-hetero) is 1. The summed E-state index contributed by atoms with van der Waals surface area (Å²) in [5.74, 6) is 1.72. The van der Waals surface area contributed by atoms with Crippen LogP contribution < -0.4 is 14.4 Å². The van der Waals surface area contributed by atoms with Gasteiger partial charge in [-0.3, -0.25) is 4.79 Å². The zero-order chi connectivity index (χ0) is 19.5. The van der Waals surface area contributed by atoms with Crippen molar-refractivity contribution in [1.29, 1.82) is 0 Å². The lowest BCUT2D eigenvalue weighted by Gasteiger charge is -2.69. The lowest BCUT2D eigenvalue weighted by Crippen LogP contribution is -3.18. The molecule has 0 amide bonds. The number of methoxy groups -OCH3 is 2. The van der Waals surface area contributed by atoms with Gasteiger partial charge in [0.2, 0.25) is 0 Å². The van der Waals surface area contributed by atoms with Crippen molar-refractivity contribution in [2.45, 2.75) is 49.3 Å². The third-order valence-corrected chi connectivity index (χ3v) is 8.92. The fourth-order valence-corrected chi connectivity index (χ4v) is 7.83. The molecule has 2 heterocycles. The minimum Gasteiger partial charge on any atom is -0.493 e. The van der Waals surface area contributed by atoms with Crippen molar-refractivity contribution < 1.29 is 23.9 Å². The molecule has 1 saturated heterocycles. The van der Waals surface area contributed by atoms with Gasteiger partial charge < -0.3 is 19.1 Å². The predicted molar refractivity (Wildman–Crippen MR) is 103 cm³/mol. The normalized spacial score (nSPS) is 46.1. The quantitative estimate of drug-likeness (QED) is 0.795. The summed E-state index contributed by atoms with van der Waals surface area (Å²) in [5, 5.41) is 0. The van der Waals surface area contributed by atoms with Crippen LogP contribution in [0, 0.1) is 11.3 Å². The molecule has 148 valence electrons. The Morgan fingerprint density at radius 1 is 1.29 bits per heavy atom. The van der Waals surface area contributed by atoms with Crippen LogP contribution in [0.15, 0.2) is 24.3 Å². The molecule has 1 N–H and O–H groups in total. The van der Waals surface area contributed by atoms with Gasteiger partial charge in [0.15, 0.2) is 11.5 Å². The summed E-state index contributed by atoms with van der Waals surface area (Å²) in [7, 11) is 5.76. The molecule has 4 bridgehead atoms. The number of quaternary nitrogens is 1. The Kier molecular flexibility index (Phi) is 3.05. The van der Waals surface area contributed by atoms with Crippen molar-refractivity contribution in [1.82, 2.24) is 0 Å². The van der Waals surface area contributed by atoms with E-state index in [1.165, 1.54) is 11.1 Å². The van der Waals surface area contributed by atoms with Gasteiger partial charge in [-0.05, 0) is 25.0 Å². The predicted octanol–water partition coefficient (Wildman–Crippen LogP) is 1.09. The number of likely N-dealkylation sites (N-methyl/N-ethyl adjacent to an activating group) is 1. The standard InChI is InChI=1S/C23H27NO4/c1-13(25)15-12-21-7-8-23(15,27-4)20-22(21)9-10-24(2)17(21)11-14-5-6-16(26-3)19(28-20)18(14)22/h5-8,15,17,20H,9-12H2,1-4H3/p+1/t15-,17-,20+,21+,22-,23+/m0/s1. The minimum absolute atomic E-state index is 0.0682. The number of fused-ring (bicyclic) bond motifs is 1. The van der Waals surface area contributed by atoms with E-state index in [1.807, 2.05) is 6.07 Å². The van der Waals surface area contributed by atoms with E-state index in [0.29, 0.717) is 6.04 Å². The van der Waals surface area contributed by atoms with Crippen molar-refractivity contribution in [2.75, 3.05) is 27.8 Å². The second-order valence-corrected chi connectivity index (χ2v) is 9.50. The Morgan fingerprint density at radius 2 is 2.11 bits per heavy atom. The Hall–Kier alpha value is -1.85. The van der Waals surface area contributed by atoms with E-state index in [0.717, 1.165) is 37.3 Å². The fraction of sp³-hybridized carbons (Fsp3) is 0.609. The van der Waals surface area contributed by atoms with Gasteiger partial charge in [0.25, 0.3) is 0 Å². The van der Waals surface area contributed by atoms with Gasteiger partial charge in [-0.25, -0.2) is 0 Å². The second kappa shape index (κ2) is 5.00. The van der Waals surface area contributed by atoms with Crippen LogP contribution in [-0.2, 0) is 21.4 Å². The van der Waals surface area contributed by atoms with Crippen LogP contribution in [0.25, 0.3) is 0 Å². The molecule has 5 nitrogen and oxygen atoms in total. The van der Waals surface area contributed by atoms with Gasteiger partial charge >= 0.3 is 0 Å². The molecular formula is C23H28NO4+. The second-order valence-electron chi connectivity index (χ2n) is 9.50. The van der Waals surface area contributed by atoms with E-state index in [-0.39, 0.29) is 28.6 Å². The van der Waals surface area contributed by atoms with Gasteiger partial charge in [0, 0.05) is 25.5 Å². The Morgan fingerprint density at radius 3 is 2.82 bits per heavy atom. The maximum absolute atomic E-state index is 12.8. The number of likely N-dealkylation sites (tertiary alicyclic amines) is 1. The molecule has 2 fully saturated rings. The summed E-state index contributed by atoms with van der Waals surface area (Å²) < 4.78 is 18.7. The van der Waals surface area contributed by atoms with Gasteiger partial charge in [-0.1, -0.05) is 18.2 Å². The summed E-state index contributed by atoms with van der Waals surface area (Å²) in [6.45, 7) is 2.83. The average molecular weight is 382 g/mol. The SMILES string of the molecule is COc1ccc2c3c1O[C@H]1[C@@]4(OC)C=C[C@@]5(C[C@H]4C(C)=O)[C@H](C2)[NH+](C)CC[C@]315. The number of carbonyl (C=O) groups is 1. The number of hydrogen-bond acceptors (Lipinski definition) is 4. The molecule has 1 unspecified atom stereocenters. The molecule has 5 heteroatoms. The van der Waals surface area contributed by atoms with Crippen LogP contribution in [-0.4, -0.2) is 51.3 Å². The minimum atomic E-state index is -0.706. The molecule has 7 atom stereocenters. The van der Waals surface area contributed by atoms with E-state index in [1.54, 1.807) is 26.0 Å². The van der Waals surface area contributed by atoms with Crippen molar-refractivity contribution in [3.05, 3.63) is 35.4 Å². The van der Waals surface area contributed by atoms with Crippen LogP contribution in [0.4, 0.5) is 0 Å². The molecule has 4 aliphatic carbocycles. The number of carbonyl (C=O) groups excluding carboxylic acids is 1. The van der Waals surface area contributed by atoms with Crippen LogP contribution in [0.1, 0.15) is 30.9 Å². The first-order valence-corrected chi connectivity index (χ1v) is 10.4. The number of ketones is 1. The van der Waals surface area contributed by atoms with Crippen LogP contribution in [0.5, 0.6) is 11.5 Å². The molecule has 2 aliphatic heterocycles. The van der Waals surface area contributed by atoms with Crippen LogP contribution in [0.3, 0.4) is 0 Å². The third kappa shape index (κ3) is 1.49. The highest BCUT2D eigenvalue weighted by Gasteiger charge is 2.80. The molecule has 2 spiro atoms. The van der Waals surface area contributed by atoms with Gasteiger partial charge in [0.1, 0.15) is 23.5 Å². The highest BCUT2D eigenvalue weighted by Crippen LogP contribution is 2.73. The van der Waals surface area contributed by atoms with Gasteiger partial charge in [-0.15, -0.1) is 0 Å². The van der Waals surface area contributed by atoms with E-state index in [4.69, 9.17) is 14.2 Å². The number of ether oxygens (including phenoxy) is 3. The monoisotopic (exact) mass is 382 g/mol. The maximum atomic E-state index is 12.8. The Bertz CT molecular complexity index is 941. The van der Waals surface area contributed by atoms with Gasteiger partial charge in [-0.2, -0.15) is 0 Å². The summed E-state index contributed by atoms with van der Waals surface area (Å²) in [6.07, 6.45) is 7.34. The van der Waals surface area contributed by atoms with Crippen molar-refractivity contribution in [2.24, 2.45) is 11.3 Å². The van der Waals surface area contributed by atoms with Crippen molar-refractivity contribution >= 4 is 5.78 Å². The van der Waals surface area contributed by atoms with Gasteiger partial charge in [0.05, 0.1) is 37.5 Å². The number of nitrogens with one attached hydrogen (secondary N) is 1.